The first-order valence-electron chi connectivity index (χ1n) is 10.5. The Morgan fingerprint density at radius 2 is 1.79 bits per heavy atom. The van der Waals surface area contributed by atoms with Gasteiger partial charge in [-0.2, -0.15) is 13.9 Å². The van der Waals surface area contributed by atoms with Crippen LogP contribution >= 0.6 is 11.3 Å². The molecule has 6 nitrogen and oxygen atoms in total. The molecule has 0 spiro atoms. The molecule has 0 aliphatic heterocycles. The lowest BCUT2D eigenvalue weighted by Crippen LogP contribution is -2.15. The van der Waals surface area contributed by atoms with Crippen molar-refractivity contribution in [3.8, 4) is 28.5 Å². The topological polar surface area (TPSA) is 57.3 Å². The smallest absolute Gasteiger partial charge is 0.387 e. The third-order valence-electron chi connectivity index (χ3n) is 4.88. The highest BCUT2D eigenvalue weighted by Gasteiger charge is 2.14. The van der Waals surface area contributed by atoms with E-state index in [4.69, 9.17) is 19.6 Å². The van der Waals surface area contributed by atoms with Crippen LogP contribution in [0.2, 0.25) is 0 Å². The van der Waals surface area contributed by atoms with Crippen molar-refractivity contribution in [2.45, 2.75) is 33.3 Å². The predicted octanol–water partition coefficient (Wildman–Crippen LogP) is 5.81. The zero-order chi connectivity index (χ0) is 23.8. The van der Waals surface area contributed by atoms with Gasteiger partial charge in [0.1, 0.15) is 17.2 Å². The standard InChI is InChI=1S/C24H27F2N3O3S/c1-5-6-13-27-24-29(28-16(2)17-7-9-18(10-8-17)32-23(25)26)21(15-33-24)20-12-11-19(30-3)14-22(20)31-4/h7-12,14-15,23H,5-6,13H2,1-4H3/b27-24?,28-16-. The molecule has 0 aliphatic rings. The monoisotopic (exact) mass is 475 g/mol. The van der Waals surface area contributed by atoms with Gasteiger partial charge in [0.15, 0.2) is 0 Å². The molecule has 9 heteroatoms. The number of nitrogens with zero attached hydrogens (tertiary/aromatic N) is 3. The minimum absolute atomic E-state index is 0.101. The van der Waals surface area contributed by atoms with Gasteiger partial charge in [-0.25, -0.2) is 4.68 Å². The molecule has 0 saturated carbocycles. The number of aromatic nitrogens is 1. The molecule has 176 valence electrons. The van der Waals surface area contributed by atoms with Crippen molar-refractivity contribution in [3.05, 3.63) is 58.2 Å². The summed E-state index contributed by atoms with van der Waals surface area (Å²) in [6.45, 7) is 1.82. The molecule has 0 saturated heterocycles. The minimum atomic E-state index is -2.86. The molecule has 0 aliphatic carbocycles. The Morgan fingerprint density at radius 1 is 1.06 bits per heavy atom. The zero-order valence-corrected chi connectivity index (χ0v) is 19.9. The number of alkyl halides is 2. The fourth-order valence-electron chi connectivity index (χ4n) is 3.12. The molecule has 1 aromatic heterocycles. The van der Waals surface area contributed by atoms with E-state index < -0.39 is 6.61 Å². The van der Waals surface area contributed by atoms with Crippen LogP contribution in [0.1, 0.15) is 32.3 Å². The molecule has 1 heterocycles. The van der Waals surface area contributed by atoms with Crippen LogP contribution in [0.4, 0.5) is 8.78 Å². The van der Waals surface area contributed by atoms with Crippen LogP contribution in [-0.2, 0) is 0 Å². The molecule has 0 N–H and O–H groups in total. The van der Waals surface area contributed by atoms with Gasteiger partial charge in [0, 0.05) is 23.6 Å². The van der Waals surface area contributed by atoms with Crippen molar-refractivity contribution in [3.63, 3.8) is 0 Å². The summed E-state index contributed by atoms with van der Waals surface area (Å²) in [6.07, 6.45) is 2.02. The van der Waals surface area contributed by atoms with E-state index in [0.717, 1.165) is 34.5 Å². The largest absolute Gasteiger partial charge is 0.497 e. The van der Waals surface area contributed by atoms with Crippen molar-refractivity contribution in [2.75, 3.05) is 20.8 Å². The second-order valence-corrected chi connectivity index (χ2v) is 7.94. The van der Waals surface area contributed by atoms with E-state index in [2.05, 4.69) is 11.7 Å². The van der Waals surface area contributed by atoms with Gasteiger partial charge in [0.05, 0.1) is 25.6 Å². The molecular formula is C24H27F2N3O3S. The number of hydrogen-bond acceptors (Lipinski definition) is 6. The summed E-state index contributed by atoms with van der Waals surface area (Å²) in [4.78, 5) is 5.49. The van der Waals surface area contributed by atoms with Crippen LogP contribution in [0, 0.1) is 0 Å². The molecule has 0 radical (unpaired) electrons. The lowest BCUT2D eigenvalue weighted by Gasteiger charge is -2.12. The Bertz CT molecular complexity index is 1150. The van der Waals surface area contributed by atoms with Crippen LogP contribution < -0.4 is 19.0 Å². The quantitative estimate of drug-likeness (QED) is 0.275. The molecule has 0 amide bonds. The van der Waals surface area contributed by atoms with E-state index in [1.807, 2.05) is 30.5 Å². The average Bonchev–Trinajstić information content (AvgIpc) is 3.20. The maximum Gasteiger partial charge on any atom is 0.387 e. The summed E-state index contributed by atoms with van der Waals surface area (Å²) in [5.74, 6) is 1.45. The van der Waals surface area contributed by atoms with E-state index in [1.54, 1.807) is 31.0 Å². The van der Waals surface area contributed by atoms with Crippen LogP contribution in [0.3, 0.4) is 0 Å². The van der Waals surface area contributed by atoms with Crippen LogP contribution in [0.25, 0.3) is 11.3 Å². The fourth-order valence-corrected chi connectivity index (χ4v) is 3.97. The van der Waals surface area contributed by atoms with Crippen molar-refractivity contribution in [1.29, 1.82) is 0 Å². The summed E-state index contributed by atoms with van der Waals surface area (Å²) in [5, 5.41) is 6.82. The third kappa shape index (κ3) is 6.19. The van der Waals surface area contributed by atoms with Gasteiger partial charge in [-0.05, 0) is 55.3 Å². The maximum absolute atomic E-state index is 12.4. The van der Waals surface area contributed by atoms with Gasteiger partial charge in [-0.15, -0.1) is 11.3 Å². The molecule has 0 unspecified atom stereocenters. The molecular weight excluding hydrogens is 448 g/mol. The van der Waals surface area contributed by atoms with Gasteiger partial charge < -0.3 is 14.2 Å². The van der Waals surface area contributed by atoms with E-state index in [0.29, 0.717) is 23.8 Å². The van der Waals surface area contributed by atoms with E-state index in [9.17, 15) is 8.78 Å². The summed E-state index contributed by atoms with van der Waals surface area (Å²) in [5.41, 5.74) is 3.15. The second kappa shape index (κ2) is 11.6. The zero-order valence-electron chi connectivity index (χ0n) is 19.0. The van der Waals surface area contributed by atoms with E-state index in [-0.39, 0.29) is 5.75 Å². The number of thiazole rings is 1. The molecule has 0 fully saturated rings. The number of benzene rings is 2. The number of ether oxygens (including phenoxy) is 3. The summed E-state index contributed by atoms with van der Waals surface area (Å²) in [7, 11) is 3.22. The van der Waals surface area contributed by atoms with Crippen molar-refractivity contribution in [1.82, 2.24) is 4.68 Å². The summed E-state index contributed by atoms with van der Waals surface area (Å²) >= 11 is 1.50. The lowest BCUT2D eigenvalue weighted by atomic mass is 10.1. The first kappa shape index (κ1) is 24.4. The highest BCUT2D eigenvalue weighted by molar-refractivity contribution is 7.07. The number of unbranched alkanes of at least 4 members (excludes halogenated alkanes) is 1. The van der Waals surface area contributed by atoms with Gasteiger partial charge in [-0.1, -0.05) is 13.3 Å². The number of hydrogen-bond donors (Lipinski definition) is 0. The first-order chi connectivity index (χ1) is 16.0. The van der Waals surface area contributed by atoms with Gasteiger partial charge in [-0.3, -0.25) is 4.99 Å². The molecule has 0 atom stereocenters. The van der Waals surface area contributed by atoms with Crippen molar-refractivity contribution < 1.29 is 23.0 Å². The Hall–Kier alpha value is -3.20. The molecule has 2 aromatic carbocycles. The normalized spacial score (nSPS) is 12.3. The second-order valence-electron chi connectivity index (χ2n) is 7.11. The SMILES string of the molecule is CCCCN=c1scc(-c2ccc(OC)cc2OC)n1/N=C(/C)c1ccc(OC(F)F)cc1. The maximum atomic E-state index is 12.4. The van der Waals surface area contributed by atoms with E-state index in [1.165, 1.54) is 23.5 Å². The average molecular weight is 476 g/mol. The number of methoxy groups -OCH3 is 2. The van der Waals surface area contributed by atoms with Crippen LogP contribution in [0.15, 0.2) is 57.9 Å². The Morgan fingerprint density at radius 3 is 2.42 bits per heavy atom. The van der Waals surface area contributed by atoms with Crippen molar-refractivity contribution >= 4 is 17.0 Å². The third-order valence-corrected chi connectivity index (χ3v) is 5.73. The van der Waals surface area contributed by atoms with Gasteiger partial charge in [0.2, 0.25) is 4.80 Å². The minimum Gasteiger partial charge on any atom is -0.497 e. The Labute approximate surface area is 195 Å². The molecule has 3 rings (SSSR count). The highest BCUT2D eigenvalue weighted by atomic mass is 32.1. The Balaban J connectivity index is 2.07. The van der Waals surface area contributed by atoms with Gasteiger partial charge in [0.25, 0.3) is 0 Å². The molecule has 0 bridgehead atoms. The Kier molecular flexibility index (Phi) is 8.59. The fraction of sp³-hybridized carbons (Fsp3) is 0.333. The van der Waals surface area contributed by atoms with Crippen molar-refractivity contribution in [2.24, 2.45) is 10.1 Å². The van der Waals surface area contributed by atoms with Crippen LogP contribution in [-0.4, -0.2) is 37.8 Å². The number of rotatable bonds is 10. The molecule has 3 aromatic rings. The van der Waals surface area contributed by atoms with E-state index >= 15 is 0 Å². The lowest BCUT2D eigenvalue weighted by molar-refractivity contribution is -0.0498. The summed E-state index contributed by atoms with van der Waals surface area (Å²) in [6, 6.07) is 12.0. The van der Waals surface area contributed by atoms with Gasteiger partial charge >= 0.3 is 6.61 Å². The first-order valence-corrected chi connectivity index (χ1v) is 11.4. The van der Waals surface area contributed by atoms with Crippen LogP contribution in [0.5, 0.6) is 17.2 Å². The highest BCUT2D eigenvalue weighted by Crippen LogP contribution is 2.33. The summed E-state index contributed by atoms with van der Waals surface area (Å²) < 4.78 is 42.0. The molecule has 33 heavy (non-hydrogen) atoms. The number of halogens is 2. The predicted molar refractivity (Wildman–Crippen MR) is 127 cm³/mol.